The first-order chi connectivity index (χ1) is 11.4. The van der Waals surface area contributed by atoms with Crippen molar-refractivity contribution in [3.8, 4) is 11.5 Å². The van der Waals surface area contributed by atoms with Crippen molar-refractivity contribution in [1.29, 1.82) is 0 Å². The summed E-state index contributed by atoms with van der Waals surface area (Å²) >= 11 is 0. The first kappa shape index (κ1) is 18.0. The van der Waals surface area contributed by atoms with Gasteiger partial charge in [0.2, 0.25) is 0 Å². The summed E-state index contributed by atoms with van der Waals surface area (Å²) in [5, 5.41) is 0. The average molecular weight is 352 g/mol. The lowest BCUT2D eigenvalue weighted by molar-refractivity contribution is 0.0600. The summed E-state index contributed by atoms with van der Waals surface area (Å²) in [4.78, 5) is 21.3. The van der Waals surface area contributed by atoms with Crippen LogP contribution in [0.4, 0.5) is 0 Å². The smallest absolute Gasteiger partial charge is 0.493 e. The predicted molar refractivity (Wildman–Crippen MR) is 86.0 cm³/mol. The molecule has 128 valence electrons. The lowest BCUT2D eigenvalue weighted by Crippen LogP contribution is -2.03. The van der Waals surface area contributed by atoms with Crippen molar-refractivity contribution in [3.63, 3.8) is 0 Å². The third-order valence-corrected chi connectivity index (χ3v) is 3.92. The van der Waals surface area contributed by atoms with E-state index in [0.717, 1.165) is 5.56 Å². The van der Waals surface area contributed by atoms with Crippen LogP contribution >= 0.6 is 7.82 Å². The molecule has 0 aliphatic carbocycles. The Hall–Kier alpha value is -2.34. The molecule has 7 nitrogen and oxygen atoms in total. The minimum absolute atomic E-state index is 0.0240. The highest BCUT2D eigenvalue weighted by Gasteiger charge is 2.25. The normalized spacial score (nSPS) is 13.0. The second kappa shape index (κ2) is 7.97. The minimum atomic E-state index is -4.36. The fraction of sp³-hybridized carbons (Fsp3) is 0.188. The Morgan fingerprint density at radius 2 is 1.79 bits per heavy atom. The van der Waals surface area contributed by atoms with Gasteiger partial charge in [-0.25, -0.2) is 9.36 Å². The minimum Gasteiger partial charge on any atom is -0.493 e. The van der Waals surface area contributed by atoms with Crippen molar-refractivity contribution in [2.75, 3.05) is 14.2 Å². The van der Waals surface area contributed by atoms with E-state index < -0.39 is 13.8 Å². The number of hydrogen-bond acceptors (Lipinski definition) is 6. The van der Waals surface area contributed by atoms with Gasteiger partial charge in [-0.2, -0.15) is 0 Å². The number of esters is 1. The van der Waals surface area contributed by atoms with E-state index >= 15 is 0 Å². The Labute approximate surface area is 139 Å². The summed E-state index contributed by atoms with van der Waals surface area (Å²) in [5.74, 6) is -0.480. The molecular weight excluding hydrogens is 335 g/mol. The SMILES string of the molecule is COC(=O)c1ccc(OP(=O)(O)OCc2ccccc2)c(OC)c1. The largest absolute Gasteiger partial charge is 0.527 e. The summed E-state index contributed by atoms with van der Waals surface area (Å²) in [5.41, 5.74) is 0.947. The van der Waals surface area contributed by atoms with Crippen LogP contribution in [0.3, 0.4) is 0 Å². The molecule has 0 fully saturated rings. The topological polar surface area (TPSA) is 91.3 Å². The number of rotatable bonds is 7. The third-order valence-electron chi connectivity index (χ3n) is 3.04. The van der Waals surface area contributed by atoms with Gasteiger partial charge in [0, 0.05) is 0 Å². The molecule has 0 bridgehead atoms. The van der Waals surface area contributed by atoms with E-state index in [2.05, 4.69) is 4.74 Å². The van der Waals surface area contributed by atoms with E-state index in [1.807, 2.05) is 6.07 Å². The van der Waals surface area contributed by atoms with Gasteiger partial charge in [0.05, 0.1) is 26.4 Å². The molecule has 0 saturated heterocycles. The zero-order chi connectivity index (χ0) is 17.6. The van der Waals surface area contributed by atoms with E-state index in [-0.39, 0.29) is 23.7 Å². The van der Waals surface area contributed by atoms with E-state index in [0.29, 0.717) is 0 Å². The highest BCUT2D eigenvalue weighted by atomic mass is 31.2. The number of benzene rings is 2. The maximum atomic E-state index is 12.1. The number of ether oxygens (including phenoxy) is 2. The molecule has 1 atom stereocenters. The van der Waals surface area contributed by atoms with Crippen molar-refractivity contribution in [1.82, 2.24) is 0 Å². The Morgan fingerprint density at radius 1 is 1.08 bits per heavy atom. The molecule has 0 aromatic heterocycles. The van der Waals surface area contributed by atoms with Gasteiger partial charge in [0.1, 0.15) is 0 Å². The molecule has 1 N–H and O–H groups in total. The molecule has 0 amide bonds. The lowest BCUT2D eigenvalue weighted by Gasteiger charge is -2.15. The van der Waals surface area contributed by atoms with Gasteiger partial charge in [-0.1, -0.05) is 30.3 Å². The van der Waals surface area contributed by atoms with E-state index in [4.69, 9.17) is 13.8 Å². The van der Waals surface area contributed by atoms with Crippen LogP contribution in [0.2, 0.25) is 0 Å². The summed E-state index contributed by atoms with van der Waals surface area (Å²) in [6.07, 6.45) is 0. The molecule has 2 aromatic rings. The standard InChI is InChI=1S/C16H17O7P/c1-20-15-10-13(16(17)21-2)8-9-14(15)23-24(18,19)22-11-12-6-4-3-5-7-12/h3-10H,11H2,1-2H3,(H,18,19). The number of hydrogen-bond donors (Lipinski definition) is 1. The summed E-state index contributed by atoms with van der Waals surface area (Å²) in [6, 6.07) is 13.0. The maximum Gasteiger partial charge on any atom is 0.527 e. The van der Waals surface area contributed by atoms with Gasteiger partial charge in [0.25, 0.3) is 0 Å². The molecular formula is C16H17O7P. The number of phosphoric ester groups is 1. The number of methoxy groups -OCH3 is 2. The van der Waals surface area contributed by atoms with Crippen LogP contribution in [0.25, 0.3) is 0 Å². The van der Waals surface area contributed by atoms with Gasteiger partial charge < -0.3 is 14.0 Å². The van der Waals surface area contributed by atoms with E-state index in [1.54, 1.807) is 24.3 Å². The molecule has 8 heteroatoms. The van der Waals surface area contributed by atoms with Crippen LogP contribution in [-0.2, 0) is 20.4 Å². The molecule has 1 unspecified atom stereocenters. The lowest BCUT2D eigenvalue weighted by atomic mass is 10.2. The van der Waals surface area contributed by atoms with Crippen LogP contribution in [0.5, 0.6) is 11.5 Å². The molecule has 2 rings (SSSR count). The van der Waals surface area contributed by atoms with Crippen LogP contribution in [0, 0.1) is 0 Å². The zero-order valence-electron chi connectivity index (χ0n) is 13.2. The van der Waals surface area contributed by atoms with Gasteiger partial charge in [-0.15, -0.1) is 0 Å². The van der Waals surface area contributed by atoms with Gasteiger partial charge in [0.15, 0.2) is 11.5 Å². The van der Waals surface area contributed by atoms with Crippen molar-refractivity contribution >= 4 is 13.8 Å². The van der Waals surface area contributed by atoms with Gasteiger partial charge in [-0.05, 0) is 23.8 Å². The van der Waals surface area contributed by atoms with Crippen molar-refractivity contribution in [3.05, 3.63) is 59.7 Å². The van der Waals surface area contributed by atoms with E-state index in [1.165, 1.54) is 32.4 Å². The zero-order valence-corrected chi connectivity index (χ0v) is 14.1. The molecule has 24 heavy (non-hydrogen) atoms. The number of carbonyl (C=O) groups excluding carboxylic acids is 1. The fourth-order valence-electron chi connectivity index (χ4n) is 1.87. The molecule has 0 aliphatic heterocycles. The molecule has 0 spiro atoms. The summed E-state index contributed by atoms with van der Waals surface area (Å²) in [7, 11) is -1.77. The van der Waals surface area contributed by atoms with Gasteiger partial charge >= 0.3 is 13.8 Å². The van der Waals surface area contributed by atoms with Crippen molar-refractivity contribution in [2.24, 2.45) is 0 Å². The Bertz CT molecular complexity index is 745. The number of phosphoric acid groups is 1. The van der Waals surface area contributed by atoms with Crippen LogP contribution < -0.4 is 9.26 Å². The Kier molecular flexibility index (Phi) is 5.98. The predicted octanol–water partition coefficient (Wildman–Crippen LogP) is 3.18. The highest BCUT2D eigenvalue weighted by molar-refractivity contribution is 7.47. The monoisotopic (exact) mass is 352 g/mol. The molecule has 0 heterocycles. The van der Waals surface area contributed by atoms with Crippen LogP contribution in [-0.4, -0.2) is 25.1 Å². The average Bonchev–Trinajstić information content (AvgIpc) is 2.60. The first-order valence-electron chi connectivity index (χ1n) is 6.92. The molecule has 0 saturated carbocycles. The van der Waals surface area contributed by atoms with Crippen LogP contribution in [0.1, 0.15) is 15.9 Å². The summed E-state index contributed by atoms with van der Waals surface area (Å²) < 4.78 is 31.7. The van der Waals surface area contributed by atoms with Crippen LogP contribution in [0.15, 0.2) is 48.5 Å². The first-order valence-corrected chi connectivity index (χ1v) is 8.42. The molecule has 0 radical (unpaired) electrons. The maximum absolute atomic E-state index is 12.1. The second-order valence-corrected chi connectivity index (χ2v) is 6.05. The second-order valence-electron chi connectivity index (χ2n) is 4.68. The van der Waals surface area contributed by atoms with E-state index in [9.17, 15) is 14.3 Å². The highest BCUT2D eigenvalue weighted by Crippen LogP contribution is 2.47. The van der Waals surface area contributed by atoms with Crippen molar-refractivity contribution < 1.29 is 32.8 Å². The van der Waals surface area contributed by atoms with Crippen molar-refractivity contribution in [2.45, 2.75) is 6.61 Å². The Balaban J connectivity index is 2.10. The fourth-order valence-corrected chi connectivity index (χ4v) is 2.63. The summed E-state index contributed by atoms with van der Waals surface area (Å²) in [6.45, 7) is -0.0861. The Morgan fingerprint density at radius 3 is 2.42 bits per heavy atom. The quantitative estimate of drug-likeness (QED) is 0.604. The van der Waals surface area contributed by atoms with Gasteiger partial charge in [-0.3, -0.25) is 9.42 Å². The number of carbonyl (C=O) groups is 1. The third kappa shape index (κ3) is 4.83. The molecule has 2 aromatic carbocycles. The molecule has 0 aliphatic rings.